The van der Waals surface area contributed by atoms with Gasteiger partial charge in [-0.2, -0.15) is 9.99 Å². The van der Waals surface area contributed by atoms with Gasteiger partial charge in [-0.15, -0.1) is 11.6 Å². The zero-order valence-electron chi connectivity index (χ0n) is 14.9. The molecule has 1 amide bonds. The SMILES string of the molecule is CC1Cc2cc3c(cc2C(c2ccc([N+](=O)[O-])cc2)=NN1C(=O)CCl)COO3. The normalized spacial score (nSPS) is 17.9. The number of halogens is 1. The average Bonchev–Trinajstić information content (AvgIpc) is 3.09. The molecular weight excluding hydrogens is 386 g/mol. The van der Waals surface area contributed by atoms with Crippen molar-refractivity contribution in [1.29, 1.82) is 0 Å². The number of rotatable bonds is 3. The molecule has 0 saturated carbocycles. The summed E-state index contributed by atoms with van der Waals surface area (Å²) in [6.07, 6.45) is 0.550. The molecule has 0 bridgehead atoms. The predicted octanol–water partition coefficient (Wildman–Crippen LogP) is 3.18. The van der Waals surface area contributed by atoms with Crippen LogP contribution in [0.1, 0.15) is 29.2 Å². The molecule has 0 aliphatic carbocycles. The zero-order chi connectivity index (χ0) is 19.8. The highest BCUT2D eigenvalue weighted by atomic mass is 35.5. The second kappa shape index (κ2) is 7.21. The molecule has 28 heavy (non-hydrogen) atoms. The van der Waals surface area contributed by atoms with Crippen LogP contribution in [-0.4, -0.2) is 33.5 Å². The Morgan fingerprint density at radius 2 is 2.07 bits per heavy atom. The lowest BCUT2D eigenvalue weighted by Crippen LogP contribution is -2.36. The fraction of sp³-hybridized carbons (Fsp3) is 0.263. The van der Waals surface area contributed by atoms with Gasteiger partial charge in [0.25, 0.3) is 11.6 Å². The molecule has 8 nitrogen and oxygen atoms in total. The van der Waals surface area contributed by atoms with Crippen molar-refractivity contribution in [2.75, 3.05) is 5.88 Å². The van der Waals surface area contributed by atoms with Gasteiger partial charge in [-0.05, 0) is 43.2 Å². The molecule has 0 aromatic heterocycles. The monoisotopic (exact) mass is 401 g/mol. The van der Waals surface area contributed by atoms with E-state index in [-0.39, 0.29) is 23.5 Å². The van der Waals surface area contributed by atoms with Gasteiger partial charge < -0.3 is 4.89 Å². The van der Waals surface area contributed by atoms with Gasteiger partial charge in [0.15, 0.2) is 5.75 Å². The maximum atomic E-state index is 12.4. The van der Waals surface area contributed by atoms with Crippen LogP contribution < -0.4 is 4.89 Å². The molecule has 0 radical (unpaired) electrons. The Bertz CT molecular complexity index is 990. The van der Waals surface area contributed by atoms with Crippen LogP contribution in [0.5, 0.6) is 5.75 Å². The summed E-state index contributed by atoms with van der Waals surface area (Å²) in [5.41, 5.74) is 3.84. The van der Waals surface area contributed by atoms with Crippen LogP contribution in [0.15, 0.2) is 41.5 Å². The number of non-ortho nitro benzene ring substituents is 1. The highest BCUT2D eigenvalue weighted by Crippen LogP contribution is 2.33. The van der Waals surface area contributed by atoms with Gasteiger partial charge in [-0.1, -0.05) is 0 Å². The van der Waals surface area contributed by atoms with Crippen LogP contribution >= 0.6 is 11.6 Å². The van der Waals surface area contributed by atoms with Crippen LogP contribution in [0.3, 0.4) is 0 Å². The third kappa shape index (κ3) is 3.21. The number of hydrazone groups is 1. The molecular formula is C19H16ClN3O5. The number of carbonyl (C=O) groups is 1. The van der Waals surface area contributed by atoms with Crippen molar-refractivity contribution in [1.82, 2.24) is 5.01 Å². The summed E-state index contributed by atoms with van der Waals surface area (Å²) in [7, 11) is 0. The number of hydrogen-bond acceptors (Lipinski definition) is 6. The Labute approximate surface area is 165 Å². The van der Waals surface area contributed by atoms with Gasteiger partial charge in [0.1, 0.15) is 12.5 Å². The molecule has 2 aliphatic rings. The summed E-state index contributed by atoms with van der Waals surface area (Å²) < 4.78 is 0. The van der Waals surface area contributed by atoms with Crippen molar-refractivity contribution < 1.29 is 19.5 Å². The lowest BCUT2D eigenvalue weighted by atomic mass is 9.92. The summed E-state index contributed by atoms with van der Waals surface area (Å²) in [6.45, 7) is 2.21. The Kier molecular flexibility index (Phi) is 4.74. The third-order valence-electron chi connectivity index (χ3n) is 4.77. The summed E-state index contributed by atoms with van der Waals surface area (Å²) in [4.78, 5) is 33.1. The highest BCUT2D eigenvalue weighted by Gasteiger charge is 2.29. The van der Waals surface area contributed by atoms with Crippen molar-refractivity contribution in [3.63, 3.8) is 0 Å². The molecule has 4 rings (SSSR count). The lowest BCUT2D eigenvalue weighted by molar-refractivity contribution is -0.384. The van der Waals surface area contributed by atoms with E-state index in [9.17, 15) is 14.9 Å². The van der Waals surface area contributed by atoms with Gasteiger partial charge in [0.2, 0.25) is 0 Å². The first-order valence-electron chi connectivity index (χ1n) is 8.65. The number of nitro benzene ring substituents is 1. The highest BCUT2D eigenvalue weighted by molar-refractivity contribution is 6.27. The smallest absolute Gasteiger partial charge is 0.269 e. The molecule has 2 heterocycles. The van der Waals surface area contributed by atoms with E-state index < -0.39 is 4.92 Å². The molecule has 0 saturated heterocycles. The van der Waals surface area contributed by atoms with Crippen LogP contribution in [0.25, 0.3) is 0 Å². The minimum absolute atomic E-state index is 0.0176. The fourth-order valence-electron chi connectivity index (χ4n) is 3.38. The van der Waals surface area contributed by atoms with E-state index in [1.807, 2.05) is 19.1 Å². The number of carbonyl (C=O) groups excluding carboxylic acids is 1. The van der Waals surface area contributed by atoms with E-state index in [1.54, 1.807) is 12.1 Å². The van der Waals surface area contributed by atoms with E-state index in [0.29, 0.717) is 30.1 Å². The molecule has 0 fully saturated rings. The van der Waals surface area contributed by atoms with Gasteiger partial charge in [-0.25, -0.2) is 5.01 Å². The minimum Gasteiger partial charge on any atom is -0.337 e. The molecule has 1 unspecified atom stereocenters. The maximum absolute atomic E-state index is 12.4. The molecule has 2 aromatic carbocycles. The minimum atomic E-state index is -0.459. The van der Waals surface area contributed by atoms with Gasteiger partial charge in [-0.3, -0.25) is 14.9 Å². The van der Waals surface area contributed by atoms with E-state index in [4.69, 9.17) is 21.4 Å². The first-order valence-corrected chi connectivity index (χ1v) is 9.18. The number of benzene rings is 2. The molecule has 0 spiro atoms. The topological polar surface area (TPSA) is 94.3 Å². The van der Waals surface area contributed by atoms with E-state index >= 15 is 0 Å². The molecule has 0 N–H and O–H groups in total. The quantitative estimate of drug-likeness (QED) is 0.341. The number of hydrogen-bond donors (Lipinski definition) is 0. The molecule has 1 atom stereocenters. The third-order valence-corrected chi connectivity index (χ3v) is 5.00. The van der Waals surface area contributed by atoms with Gasteiger partial charge in [0, 0.05) is 28.8 Å². The van der Waals surface area contributed by atoms with Crippen molar-refractivity contribution >= 4 is 28.9 Å². The molecule has 2 aliphatic heterocycles. The number of alkyl halides is 1. The predicted molar refractivity (Wildman–Crippen MR) is 101 cm³/mol. The van der Waals surface area contributed by atoms with E-state index in [2.05, 4.69) is 5.10 Å². The first-order chi connectivity index (χ1) is 13.5. The summed E-state index contributed by atoms with van der Waals surface area (Å²) in [5.74, 6) is 0.144. The molecule has 9 heteroatoms. The second-order valence-electron chi connectivity index (χ2n) is 6.64. The number of amides is 1. The number of nitrogens with zero attached hydrogens (tertiary/aromatic N) is 3. The van der Waals surface area contributed by atoms with Crippen LogP contribution in [0, 0.1) is 10.1 Å². The summed E-state index contributed by atoms with van der Waals surface area (Å²) in [5, 5.41) is 17.0. The fourth-order valence-corrected chi connectivity index (χ4v) is 3.51. The van der Waals surface area contributed by atoms with Crippen molar-refractivity contribution in [3.05, 3.63) is 68.8 Å². The summed E-state index contributed by atoms with van der Waals surface area (Å²) >= 11 is 5.77. The molecule has 144 valence electrons. The first kappa shape index (κ1) is 18.4. The van der Waals surface area contributed by atoms with E-state index in [0.717, 1.165) is 16.7 Å². The van der Waals surface area contributed by atoms with Gasteiger partial charge >= 0.3 is 0 Å². The van der Waals surface area contributed by atoms with E-state index in [1.165, 1.54) is 17.1 Å². The molecule has 2 aromatic rings. The lowest BCUT2D eigenvalue weighted by Gasteiger charge is -2.22. The zero-order valence-corrected chi connectivity index (χ0v) is 15.7. The van der Waals surface area contributed by atoms with Crippen LogP contribution in [0.2, 0.25) is 0 Å². The number of fused-ring (bicyclic) bond motifs is 2. The van der Waals surface area contributed by atoms with Crippen molar-refractivity contribution in [3.8, 4) is 5.75 Å². The maximum Gasteiger partial charge on any atom is 0.269 e. The average molecular weight is 402 g/mol. The Morgan fingerprint density at radius 3 is 2.75 bits per heavy atom. The van der Waals surface area contributed by atoms with Crippen LogP contribution in [0.4, 0.5) is 5.69 Å². The van der Waals surface area contributed by atoms with Crippen molar-refractivity contribution in [2.24, 2.45) is 5.10 Å². The Balaban J connectivity index is 1.88. The second-order valence-corrected chi connectivity index (χ2v) is 6.91. The Hall–Kier alpha value is -2.97. The number of nitro groups is 1. The summed E-state index contributed by atoms with van der Waals surface area (Å²) in [6, 6.07) is 9.68. The largest absolute Gasteiger partial charge is 0.337 e. The van der Waals surface area contributed by atoms with Crippen molar-refractivity contribution in [2.45, 2.75) is 26.0 Å². The standard InChI is InChI=1S/C19H16ClN3O5/c1-11-6-13-8-17-14(10-27-28-17)7-16(13)19(21-22(11)18(24)9-20)12-2-4-15(5-3-12)23(25)26/h2-5,7-8,11H,6,9-10H2,1H3. The van der Waals surface area contributed by atoms with Crippen LogP contribution in [-0.2, 0) is 22.7 Å². The van der Waals surface area contributed by atoms with Gasteiger partial charge in [0.05, 0.1) is 16.7 Å². The Morgan fingerprint density at radius 1 is 1.32 bits per heavy atom.